The van der Waals surface area contributed by atoms with E-state index in [1.807, 2.05) is 71.6 Å². The lowest BCUT2D eigenvalue weighted by atomic mass is 9.95. The first-order valence-corrected chi connectivity index (χ1v) is 11.6. The zero-order chi connectivity index (χ0) is 23.6. The van der Waals surface area contributed by atoms with Crippen LogP contribution in [0.1, 0.15) is 30.6 Å². The van der Waals surface area contributed by atoms with Crippen LogP contribution < -0.4 is 10.1 Å². The number of benzene rings is 2. The third-order valence-corrected chi connectivity index (χ3v) is 5.83. The molecule has 3 aromatic rings. The minimum Gasteiger partial charge on any atom is -0.493 e. The van der Waals surface area contributed by atoms with Crippen LogP contribution in [0.25, 0.3) is 0 Å². The molecule has 34 heavy (non-hydrogen) atoms. The van der Waals surface area contributed by atoms with Crippen molar-refractivity contribution >= 4 is 17.5 Å². The molecule has 0 radical (unpaired) electrons. The smallest absolute Gasteiger partial charge is 0.227 e. The molecule has 2 heterocycles. The van der Waals surface area contributed by atoms with Crippen molar-refractivity contribution in [3.05, 3.63) is 84.3 Å². The van der Waals surface area contributed by atoms with E-state index in [1.54, 1.807) is 6.26 Å². The van der Waals surface area contributed by atoms with Crippen LogP contribution in [0.3, 0.4) is 0 Å². The number of carbonyl (C=O) groups is 2. The number of furan rings is 1. The van der Waals surface area contributed by atoms with Crippen molar-refractivity contribution in [1.82, 2.24) is 4.90 Å². The number of hydrogen-bond acceptors (Lipinski definition) is 5. The van der Waals surface area contributed by atoms with Crippen molar-refractivity contribution in [1.29, 1.82) is 0 Å². The van der Waals surface area contributed by atoms with Gasteiger partial charge >= 0.3 is 0 Å². The normalized spacial score (nSPS) is 14.1. The molecule has 2 amide bonds. The Morgan fingerprint density at radius 2 is 1.79 bits per heavy atom. The van der Waals surface area contributed by atoms with E-state index in [9.17, 15) is 9.59 Å². The lowest BCUT2D eigenvalue weighted by Gasteiger charge is -2.31. The molecule has 1 aliphatic heterocycles. The lowest BCUT2D eigenvalue weighted by Crippen LogP contribution is -2.41. The van der Waals surface area contributed by atoms with E-state index in [0.717, 1.165) is 22.8 Å². The summed E-state index contributed by atoms with van der Waals surface area (Å²) in [5.74, 6) is 1.49. The van der Waals surface area contributed by atoms with Gasteiger partial charge in [-0.05, 0) is 54.8 Å². The summed E-state index contributed by atoms with van der Waals surface area (Å²) in [5.41, 5.74) is 1.73. The summed E-state index contributed by atoms with van der Waals surface area (Å²) in [6, 6.07) is 20.8. The van der Waals surface area contributed by atoms with Gasteiger partial charge in [0, 0.05) is 24.7 Å². The van der Waals surface area contributed by atoms with E-state index in [1.165, 1.54) is 0 Å². The Hall–Kier alpha value is -3.58. The Labute approximate surface area is 199 Å². The molecule has 4 rings (SSSR count). The zero-order valence-corrected chi connectivity index (χ0v) is 19.2. The Balaban J connectivity index is 1.17. The predicted molar refractivity (Wildman–Crippen MR) is 128 cm³/mol. The number of para-hydroxylation sites is 1. The fraction of sp³-hybridized carbons (Fsp3) is 0.333. The molecule has 0 saturated carbocycles. The Bertz CT molecular complexity index is 1040. The highest BCUT2D eigenvalue weighted by Gasteiger charge is 2.27. The van der Waals surface area contributed by atoms with Gasteiger partial charge in [-0.1, -0.05) is 30.3 Å². The second kappa shape index (κ2) is 12.0. The number of anilines is 1. The third-order valence-electron chi connectivity index (χ3n) is 5.83. The molecular formula is C27H30N2O5. The SMILES string of the molecule is O=C(Nc1cccc(COCc2ccco2)c1)C1CCN(C(=O)CCOc2ccccc2)CC1. The zero-order valence-electron chi connectivity index (χ0n) is 19.2. The van der Waals surface area contributed by atoms with Crippen LogP contribution in [-0.2, 0) is 27.5 Å². The third kappa shape index (κ3) is 6.96. The number of likely N-dealkylation sites (tertiary alicyclic amines) is 1. The summed E-state index contributed by atoms with van der Waals surface area (Å²) in [4.78, 5) is 27.1. The van der Waals surface area contributed by atoms with Crippen molar-refractivity contribution in [2.45, 2.75) is 32.5 Å². The number of carbonyl (C=O) groups excluding carboxylic acids is 2. The van der Waals surface area contributed by atoms with Gasteiger partial charge in [0.15, 0.2) is 0 Å². The topological polar surface area (TPSA) is 81.0 Å². The average Bonchev–Trinajstić information content (AvgIpc) is 3.39. The molecular weight excluding hydrogens is 432 g/mol. The average molecular weight is 463 g/mol. The second-order valence-electron chi connectivity index (χ2n) is 8.33. The van der Waals surface area contributed by atoms with E-state index in [4.69, 9.17) is 13.9 Å². The molecule has 0 aliphatic carbocycles. The summed E-state index contributed by atoms with van der Waals surface area (Å²) in [6.07, 6.45) is 3.27. The molecule has 1 N–H and O–H groups in total. The van der Waals surface area contributed by atoms with E-state index in [2.05, 4.69) is 5.32 Å². The van der Waals surface area contributed by atoms with Gasteiger partial charge in [0.05, 0.1) is 25.9 Å². The molecule has 1 aliphatic rings. The molecule has 7 heteroatoms. The lowest BCUT2D eigenvalue weighted by molar-refractivity contribution is -0.135. The fourth-order valence-electron chi connectivity index (χ4n) is 3.97. The molecule has 0 atom stereocenters. The monoisotopic (exact) mass is 462 g/mol. The summed E-state index contributed by atoms with van der Waals surface area (Å²) >= 11 is 0. The van der Waals surface area contributed by atoms with E-state index < -0.39 is 0 Å². The molecule has 7 nitrogen and oxygen atoms in total. The summed E-state index contributed by atoms with van der Waals surface area (Å²) < 4.78 is 16.6. The maximum absolute atomic E-state index is 12.8. The number of amides is 2. The maximum Gasteiger partial charge on any atom is 0.227 e. The van der Waals surface area contributed by atoms with E-state index >= 15 is 0 Å². The Kier molecular flexibility index (Phi) is 8.35. The molecule has 1 saturated heterocycles. The van der Waals surface area contributed by atoms with Crippen molar-refractivity contribution in [3.63, 3.8) is 0 Å². The highest BCUT2D eigenvalue weighted by Crippen LogP contribution is 2.21. The minimum absolute atomic E-state index is 0.00633. The van der Waals surface area contributed by atoms with E-state index in [0.29, 0.717) is 52.2 Å². The van der Waals surface area contributed by atoms with Gasteiger partial charge in [-0.25, -0.2) is 0 Å². The van der Waals surface area contributed by atoms with Crippen molar-refractivity contribution in [3.8, 4) is 5.75 Å². The van der Waals surface area contributed by atoms with Gasteiger partial charge < -0.3 is 24.1 Å². The fourth-order valence-corrected chi connectivity index (χ4v) is 3.97. The van der Waals surface area contributed by atoms with Gasteiger partial charge in [-0.3, -0.25) is 9.59 Å². The highest BCUT2D eigenvalue weighted by atomic mass is 16.5. The first-order valence-electron chi connectivity index (χ1n) is 11.6. The number of piperidine rings is 1. The van der Waals surface area contributed by atoms with Gasteiger partial charge in [-0.15, -0.1) is 0 Å². The minimum atomic E-state index is -0.108. The summed E-state index contributed by atoms with van der Waals surface area (Å²) in [6.45, 7) is 2.36. The first kappa shape index (κ1) is 23.6. The quantitative estimate of drug-likeness (QED) is 0.475. The van der Waals surface area contributed by atoms with E-state index in [-0.39, 0.29) is 17.7 Å². The molecule has 2 aromatic carbocycles. The van der Waals surface area contributed by atoms with Crippen molar-refractivity contribution in [2.24, 2.45) is 5.92 Å². The van der Waals surface area contributed by atoms with Crippen LogP contribution in [0.15, 0.2) is 77.4 Å². The number of nitrogens with zero attached hydrogens (tertiary/aromatic N) is 1. The van der Waals surface area contributed by atoms with Crippen molar-refractivity contribution in [2.75, 3.05) is 25.0 Å². The molecule has 178 valence electrons. The Morgan fingerprint density at radius 3 is 2.56 bits per heavy atom. The first-order chi connectivity index (χ1) is 16.7. The molecule has 0 spiro atoms. The van der Waals surface area contributed by atoms with Crippen LogP contribution in [-0.4, -0.2) is 36.4 Å². The van der Waals surface area contributed by atoms with Crippen LogP contribution in [0.4, 0.5) is 5.69 Å². The van der Waals surface area contributed by atoms with Gasteiger partial charge in [0.2, 0.25) is 11.8 Å². The molecule has 0 unspecified atom stereocenters. The van der Waals surface area contributed by atoms with Gasteiger partial charge in [-0.2, -0.15) is 0 Å². The van der Waals surface area contributed by atoms with Crippen LogP contribution in [0.5, 0.6) is 5.75 Å². The summed E-state index contributed by atoms with van der Waals surface area (Å²) in [7, 11) is 0. The number of rotatable bonds is 10. The van der Waals surface area contributed by atoms with Crippen LogP contribution >= 0.6 is 0 Å². The summed E-state index contributed by atoms with van der Waals surface area (Å²) in [5, 5.41) is 3.02. The predicted octanol–water partition coefficient (Wildman–Crippen LogP) is 4.64. The van der Waals surface area contributed by atoms with Crippen LogP contribution in [0, 0.1) is 5.92 Å². The molecule has 1 fully saturated rings. The van der Waals surface area contributed by atoms with Gasteiger partial charge in [0.1, 0.15) is 18.1 Å². The molecule has 1 aromatic heterocycles. The highest BCUT2D eigenvalue weighted by molar-refractivity contribution is 5.92. The largest absolute Gasteiger partial charge is 0.493 e. The number of nitrogens with one attached hydrogen (secondary N) is 1. The van der Waals surface area contributed by atoms with Crippen molar-refractivity contribution < 1.29 is 23.5 Å². The van der Waals surface area contributed by atoms with Gasteiger partial charge in [0.25, 0.3) is 0 Å². The van der Waals surface area contributed by atoms with Crippen LogP contribution in [0.2, 0.25) is 0 Å². The maximum atomic E-state index is 12.8. The Morgan fingerprint density at radius 1 is 0.971 bits per heavy atom. The molecule has 0 bridgehead atoms. The number of ether oxygens (including phenoxy) is 2. The standard InChI is InChI=1S/C27H30N2O5/c30-26(13-17-34-24-8-2-1-3-9-24)29-14-11-22(12-15-29)27(31)28-23-7-4-6-21(18-23)19-32-20-25-10-5-16-33-25/h1-10,16,18,22H,11-15,17,19-20H2,(H,28,31). The second-order valence-corrected chi connectivity index (χ2v) is 8.33. The number of hydrogen-bond donors (Lipinski definition) is 1.